The summed E-state index contributed by atoms with van der Waals surface area (Å²) in [4.78, 5) is 4.31. The second-order valence-corrected chi connectivity index (χ2v) is 4.32. The Hall–Kier alpha value is -2.33. The second-order valence-electron chi connectivity index (χ2n) is 4.32. The van der Waals surface area contributed by atoms with Crippen molar-refractivity contribution in [2.24, 2.45) is 16.5 Å². The molecular formula is C14H14N4. The van der Waals surface area contributed by atoms with Crippen molar-refractivity contribution < 1.29 is 0 Å². The molecule has 0 aliphatic carbocycles. The predicted molar refractivity (Wildman–Crippen MR) is 73.7 cm³/mol. The van der Waals surface area contributed by atoms with Gasteiger partial charge in [0.25, 0.3) is 0 Å². The number of hydrogen-bond acceptors (Lipinski definition) is 4. The minimum Gasteiger partial charge on any atom is -0.397 e. The lowest BCUT2D eigenvalue weighted by Gasteiger charge is -2.29. The van der Waals surface area contributed by atoms with Crippen LogP contribution < -0.4 is 16.8 Å². The van der Waals surface area contributed by atoms with Gasteiger partial charge in [-0.3, -0.25) is 5.73 Å². The third kappa shape index (κ3) is 1.47. The Labute approximate surface area is 105 Å². The van der Waals surface area contributed by atoms with E-state index >= 15 is 0 Å². The van der Waals surface area contributed by atoms with E-state index in [0.29, 0.717) is 5.70 Å². The Morgan fingerprint density at radius 1 is 1.06 bits per heavy atom. The van der Waals surface area contributed by atoms with Crippen LogP contribution >= 0.6 is 0 Å². The van der Waals surface area contributed by atoms with Crippen molar-refractivity contribution in [2.45, 2.75) is 5.66 Å². The minimum absolute atomic E-state index is 0.501. The molecule has 4 heteroatoms. The third-order valence-electron chi connectivity index (χ3n) is 3.22. The van der Waals surface area contributed by atoms with Gasteiger partial charge in [-0.05, 0) is 10.8 Å². The lowest BCUT2D eigenvalue weighted by Crippen LogP contribution is -2.43. The molecule has 5 N–H and O–H groups in total. The highest BCUT2D eigenvalue weighted by atomic mass is 15.1. The van der Waals surface area contributed by atoms with E-state index in [2.05, 4.69) is 10.3 Å². The van der Waals surface area contributed by atoms with Gasteiger partial charge in [0, 0.05) is 11.8 Å². The average Bonchev–Trinajstić information content (AvgIpc) is 2.41. The first-order valence-corrected chi connectivity index (χ1v) is 5.75. The van der Waals surface area contributed by atoms with Gasteiger partial charge in [0.1, 0.15) is 0 Å². The van der Waals surface area contributed by atoms with Crippen LogP contribution in [-0.2, 0) is 5.66 Å². The van der Waals surface area contributed by atoms with Crippen LogP contribution in [0.2, 0.25) is 0 Å². The van der Waals surface area contributed by atoms with E-state index in [1.807, 2.05) is 42.5 Å². The number of nitrogens with one attached hydrogen (secondary N) is 1. The normalized spacial score (nSPS) is 22.6. The minimum atomic E-state index is -0.994. The topological polar surface area (TPSA) is 76.4 Å². The molecule has 0 saturated carbocycles. The highest BCUT2D eigenvalue weighted by molar-refractivity contribution is 5.87. The van der Waals surface area contributed by atoms with Gasteiger partial charge in [-0.1, -0.05) is 42.5 Å². The van der Waals surface area contributed by atoms with E-state index in [1.54, 1.807) is 12.5 Å². The smallest absolute Gasteiger partial charge is 0.177 e. The SMILES string of the molecule is NC1=CNC=NC1(N)c1cccc2ccccc12. The summed E-state index contributed by atoms with van der Waals surface area (Å²) in [5.74, 6) is 0. The van der Waals surface area contributed by atoms with Crippen molar-refractivity contribution in [1.82, 2.24) is 5.32 Å². The molecule has 90 valence electrons. The molecule has 0 bridgehead atoms. The first kappa shape index (κ1) is 10.8. The Kier molecular flexibility index (Phi) is 2.31. The van der Waals surface area contributed by atoms with E-state index in [1.165, 1.54) is 0 Å². The van der Waals surface area contributed by atoms with Gasteiger partial charge in [-0.25, -0.2) is 4.99 Å². The fraction of sp³-hybridized carbons (Fsp3) is 0.0714. The summed E-state index contributed by atoms with van der Waals surface area (Å²) in [5.41, 5.74) is 12.8. The van der Waals surface area contributed by atoms with E-state index in [4.69, 9.17) is 11.5 Å². The van der Waals surface area contributed by atoms with Crippen LogP contribution in [0.5, 0.6) is 0 Å². The van der Waals surface area contributed by atoms with Crippen LogP contribution in [0.3, 0.4) is 0 Å². The zero-order chi connectivity index (χ0) is 12.6. The Morgan fingerprint density at radius 3 is 2.67 bits per heavy atom. The molecule has 0 fully saturated rings. The fourth-order valence-electron chi connectivity index (χ4n) is 2.23. The Bertz CT molecular complexity index is 654. The number of hydrogen-bond donors (Lipinski definition) is 3. The monoisotopic (exact) mass is 238 g/mol. The van der Waals surface area contributed by atoms with E-state index in [-0.39, 0.29) is 0 Å². The first-order chi connectivity index (χ1) is 8.72. The summed E-state index contributed by atoms with van der Waals surface area (Å²) in [5, 5.41) is 5.04. The van der Waals surface area contributed by atoms with Crippen molar-refractivity contribution >= 4 is 17.1 Å². The molecule has 1 heterocycles. The van der Waals surface area contributed by atoms with Crippen molar-refractivity contribution in [3.63, 3.8) is 0 Å². The fourth-order valence-corrected chi connectivity index (χ4v) is 2.23. The van der Waals surface area contributed by atoms with Crippen molar-refractivity contribution in [1.29, 1.82) is 0 Å². The molecular weight excluding hydrogens is 224 g/mol. The summed E-state index contributed by atoms with van der Waals surface area (Å²) >= 11 is 0. The van der Waals surface area contributed by atoms with Gasteiger partial charge < -0.3 is 11.1 Å². The standard InChI is InChI=1S/C14H14N4/c15-13-8-17-9-18-14(13,16)12-7-3-5-10-4-1-2-6-11(10)12/h1-9H,15-16H2,(H,17,18). The van der Waals surface area contributed by atoms with Gasteiger partial charge in [0.15, 0.2) is 5.66 Å². The molecule has 3 rings (SSSR count). The summed E-state index contributed by atoms with van der Waals surface area (Å²) < 4.78 is 0. The quantitative estimate of drug-likeness (QED) is 0.702. The highest BCUT2D eigenvalue weighted by Gasteiger charge is 2.32. The second kappa shape index (κ2) is 3.85. The molecule has 1 unspecified atom stereocenters. The first-order valence-electron chi connectivity index (χ1n) is 5.75. The van der Waals surface area contributed by atoms with Gasteiger partial charge in [-0.2, -0.15) is 0 Å². The number of benzene rings is 2. The molecule has 4 nitrogen and oxygen atoms in total. The van der Waals surface area contributed by atoms with Crippen molar-refractivity contribution in [3.8, 4) is 0 Å². The molecule has 1 aliphatic rings. The molecule has 0 aromatic heterocycles. The van der Waals surface area contributed by atoms with Gasteiger partial charge in [0.2, 0.25) is 0 Å². The van der Waals surface area contributed by atoms with E-state index in [9.17, 15) is 0 Å². The summed E-state index contributed by atoms with van der Waals surface area (Å²) in [6, 6.07) is 14.0. The largest absolute Gasteiger partial charge is 0.397 e. The third-order valence-corrected chi connectivity index (χ3v) is 3.22. The maximum absolute atomic E-state index is 6.36. The van der Waals surface area contributed by atoms with E-state index < -0.39 is 5.66 Å². The van der Waals surface area contributed by atoms with Crippen molar-refractivity contribution in [3.05, 3.63) is 59.9 Å². The summed E-state index contributed by atoms with van der Waals surface area (Å²) in [6.45, 7) is 0. The molecule has 2 aromatic rings. The molecule has 2 aromatic carbocycles. The Balaban J connectivity index is 2.29. The molecule has 1 aliphatic heterocycles. The van der Waals surface area contributed by atoms with Crippen molar-refractivity contribution in [2.75, 3.05) is 0 Å². The predicted octanol–water partition coefficient (Wildman–Crippen LogP) is 1.38. The van der Waals surface area contributed by atoms with Crippen LogP contribution in [0.1, 0.15) is 5.56 Å². The van der Waals surface area contributed by atoms with Crippen LogP contribution in [0.25, 0.3) is 10.8 Å². The van der Waals surface area contributed by atoms with Gasteiger partial charge in [0.05, 0.1) is 12.0 Å². The maximum atomic E-state index is 6.36. The number of rotatable bonds is 1. The summed E-state index contributed by atoms with van der Waals surface area (Å²) in [7, 11) is 0. The van der Waals surface area contributed by atoms with Crippen LogP contribution in [0.15, 0.2) is 59.4 Å². The van der Waals surface area contributed by atoms with E-state index in [0.717, 1.165) is 16.3 Å². The number of nitrogens with two attached hydrogens (primary N) is 2. The lowest BCUT2D eigenvalue weighted by molar-refractivity contribution is 0.544. The Morgan fingerprint density at radius 2 is 1.83 bits per heavy atom. The highest BCUT2D eigenvalue weighted by Crippen LogP contribution is 2.32. The van der Waals surface area contributed by atoms with Gasteiger partial charge >= 0.3 is 0 Å². The molecule has 0 saturated heterocycles. The average molecular weight is 238 g/mol. The number of fused-ring (bicyclic) bond motifs is 1. The summed E-state index contributed by atoms with van der Waals surface area (Å²) in [6.07, 6.45) is 3.24. The molecule has 0 spiro atoms. The van der Waals surface area contributed by atoms with Crippen LogP contribution in [0.4, 0.5) is 0 Å². The van der Waals surface area contributed by atoms with Crippen LogP contribution in [0, 0.1) is 0 Å². The van der Waals surface area contributed by atoms with Crippen LogP contribution in [-0.4, -0.2) is 6.34 Å². The zero-order valence-corrected chi connectivity index (χ0v) is 9.80. The lowest BCUT2D eigenvalue weighted by atomic mass is 9.92. The number of aliphatic imine (C=N–C) groups is 1. The molecule has 0 radical (unpaired) electrons. The van der Waals surface area contributed by atoms with Gasteiger partial charge in [-0.15, -0.1) is 0 Å². The number of nitrogens with zero attached hydrogens (tertiary/aromatic N) is 1. The molecule has 1 atom stereocenters. The molecule has 0 amide bonds. The molecule has 18 heavy (non-hydrogen) atoms. The zero-order valence-electron chi connectivity index (χ0n) is 9.80. The maximum Gasteiger partial charge on any atom is 0.177 e.